The number of pyridine rings is 1. The van der Waals surface area contributed by atoms with Crippen molar-refractivity contribution in [2.24, 2.45) is 0 Å². The Kier molecular flexibility index (Phi) is 6.35. The zero-order chi connectivity index (χ0) is 21.7. The molecule has 0 saturated heterocycles. The van der Waals surface area contributed by atoms with Crippen molar-refractivity contribution in [3.8, 4) is 0 Å². The molecule has 4 rings (SSSR count). The number of hydrogen-bond donors (Lipinski definition) is 2. The Morgan fingerprint density at radius 3 is 2.68 bits per heavy atom. The Hall–Kier alpha value is -3.15. The lowest BCUT2D eigenvalue weighted by atomic mass is 9.79. The summed E-state index contributed by atoms with van der Waals surface area (Å²) in [6, 6.07) is 12.0. The van der Waals surface area contributed by atoms with Gasteiger partial charge < -0.3 is 15.2 Å². The average molecular weight is 419 g/mol. The van der Waals surface area contributed by atoms with Gasteiger partial charge in [0.2, 0.25) is 11.8 Å². The molecule has 6 nitrogen and oxygen atoms in total. The van der Waals surface area contributed by atoms with Crippen LogP contribution in [0.3, 0.4) is 0 Å². The van der Waals surface area contributed by atoms with Crippen LogP contribution in [-0.2, 0) is 22.6 Å². The minimum atomic E-state index is -0.779. The number of para-hydroxylation sites is 1. The highest BCUT2D eigenvalue weighted by molar-refractivity contribution is 5.91. The van der Waals surface area contributed by atoms with E-state index in [1.54, 1.807) is 19.3 Å². The Bertz CT molecular complexity index is 1040. The van der Waals surface area contributed by atoms with E-state index in [-0.39, 0.29) is 11.8 Å². The molecule has 0 bridgehead atoms. The van der Waals surface area contributed by atoms with Gasteiger partial charge in [-0.2, -0.15) is 0 Å². The molecule has 1 aromatic carbocycles. The largest absolute Gasteiger partial charge is 0.361 e. The summed E-state index contributed by atoms with van der Waals surface area (Å²) < 4.78 is 0. The molecule has 3 aromatic rings. The average Bonchev–Trinajstić information content (AvgIpc) is 3.22. The van der Waals surface area contributed by atoms with Gasteiger partial charge in [0.15, 0.2) is 0 Å². The minimum Gasteiger partial charge on any atom is -0.361 e. The number of hydrogen-bond acceptors (Lipinski definition) is 3. The molecule has 162 valence electrons. The van der Waals surface area contributed by atoms with Gasteiger partial charge in [-0.1, -0.05) is 43.5 Å². The molecule has 2 aromatic heterocycles. The van der Waals surface area contributed by atoms with Crippen molar-refractivity contribution in [2.75, 3.05) is 6.54 Å². The zero-order valence-electron chi connectivity index (χ0n) is 18.1. The maximum absolute atomic E-state index is 13.5. The van der Waals surface area contributed by atoms with E-state index in [0.29, 0.717) is 32.4 Å². The molecule has 2 heterocycles. The van der Waals surface area contributed by atoms with Gasteiger partial charge in [-0.05, 0) is 42.5 Å². The van der Waals surface area contributed by atoms with Crippen LogP contribution in [0.1, 0.15) is 50.2 Å². The van der Waals surface area contributed by atoms with Crippen LogP contribution in [0.5, 0.6) is 0 Å². The summed E-state index contributed by atoms with van der Waals surface area (Å²) in [5.41, 5.74) is 2.44. The second-order valence-electron chi connectivity index (χ2n) is 8.42. The second-order valence-corrected chi connectivity index (χ2v) is 8.42. The number of carbonyl (C=O) groups is 2. The molecule has 1 fully saturated rings. The first-order valence-corrected chi connectivity index (χ1v) is 11.1. The molecule has 1 aliphatic carbocycles. The van der Waals surface area contributed by atoms with E-state index in [1.807, 2.05) is 35.4 Å². The molecule has 2 N–H and O–H groups in total. The van der Waals surface area contributed by atoms with Gasteiger partial charge in [0, 0.05) is 49.5 Å². The zero-order valence-corrected chi connectivity index (χ0v) is 18.1. The highest BCUT2D eigenvalue weighted by Crippen LogP contribution is 2.35. The third kappa shape index (κ3) is 4.48. The molecule has 31 heavy (non-hydrogen) atoms. The monoisotopic (exact) mass is 418 g/mol. The van der Waals surface area contributed by atoms with Crippen LogP contribution >= 0.6 is 0 Å². The molecule has 0 atom stereocenters. The quantitative estimate of drug-likeness (QED) is 0.609. The van der Waals surface area contributed by atoms with Crippen molar-refractivity contribution in [3.63, 3.8) is 0 Å². The Morgan fingerprint density at radius 2 is 1.94 bits per heavy atom. The number of nitrogens with one attached hydrogen (secondary N) is 2. The number of rotatable bonds is 7. The van der Waals surface area contributed by atoms with Crippen LogP contribution in [0.25, 0.3) is 10.9 Å². The lowest BCUT2D eigenvalue weighted by molar-refractivity contribution is -0.149. The Labute approximate surface area is 183 Å². The fourth-order valence-corrected chi connectivity index (χ4v) is 4.85. The van der Waals surface area contributed by atoms with Crippen molar-refractivity contribution >= 4 is 22.7 Å². The normalized spacial score (nSPS) is 15.5. The van der Waals surface area contributed by atoms with Gasteiger partial charge in [-0.3, -0.25) is 14.6 Å². The molecule has 0 unspecified atom stereocenters. The maximum atomic E-state index is 13.5. The molecular formula is C25H30N4O2. The summed E-state index contributed by atoms with van der Waals surface area (Å²) in [5.74, 6) is -0.0940. The Balaban J connectivity index is 1.54. The molecule has 0 radical (unpaired) electrons. The number of nitrogens with zero attached hydrogens (tertiary/aromatic N) is 2. The molecule has 0 aliphatic heterocycles. The van der Waals surface area contributed by atoms with Gasteiger partial charge in [-0.15, -0.1) is 0 Å². The van der Waals surface area contributed by atoms with Crippen LogP contribution in [-0.4, -0.2) is 38.8 Å². The minimum absolute atomic E-state index is 0.0433. The predicted molar refractivity (Wildman–Crippen MR) is 121 cm³/mol. The van der Waals surface area contributed by atoms with E-state index in [2.05, 4.69) is 27.4 Å². The van der Waals surface area contributed by atoms with Crippen molar-refractivity contribution < 1.29 is 9.59 Å². The van der Waals surface area contributed by atoms with Crippen LogP contribution in [0, 0.1) is 0 Å². The number of aromatic nitrogens is 2. The topological polar surface area (TPSA) is 78.1 Å². The van der Waals surface area contributed by atoms with Crippen molar-refractivity contribution in [2.45, 2.75) is 57.5 Å². The van der Waals surface area contributed by atoms with Crippen molar-refractivity contribution in [1.29, 1.82) is 0 Å². The van der Waals surface area contributed by atoms with Gasteiger partial charge in [0.05, 0.1) is 0 Å². The lowest BCUT2D eigenvalue weighted by Crippen LogP contribution is -2.61. The number of H-pyrrole nitrogens is 1. The lowest BCUT2D eigenvalue weighted by Gasteiger charge is -2.45. The SMILES string of the molecule is CC(=O)N(CCc1c[nH]c2ccccc12)C1(C(=O)NCc2cccnc2)CCCCC1. The summed E-state index contributed by atoms with van der Waals surface area (Å²) in [5, 5.41) is 4.26. The molecular weight excluding hydrogens is 388 g/mol. The fraction of sp³-hybridized carbons (Fsp3) is 0.400. The predicted octanol–water partition coefficient (Wildman–Crippen LogP) is 3.97. The fourth-order valence-electron chi connectivity index (χ4n) is 4.85. The molecule has 0 spiro atoms. The second kappa shape index (κ2) is 9.33. The number of benzene rings is 1. The number of aromatic amines is 1. The number of fused-ring (bicyclic) bond motifs is 1. The third-order valence-corrected chi connectivity index (χ3v) is 6.46. The van der Waals surface area contributed by atoms with E-state index >= 15 is 0 Å². The van der Waals surface area contributed by atoms with E-state index in [9.17, 15) is 9.59 Å². The van der Waals surface area contributed by atoms with Crippen LogP contribution in [0.15, 0.2) is 55.0 Å². The van der Waals surface area contributed by atoms with Crippen molar-refractivity contribution in [3.05, 3.63) is 66.1 Å². The van der Waals surface area contributed by atoms with E-state index in [4.69, 9.17) is 0 Å². The standard InChI is InChI=1S/C25H30N4O2/c1-19(30)29(15-11-21-18-27-23-10-4-3-9-22(21)23)25(12-5-2-6-13-25)24(31)28-17-20-8-7-14-26-16-20/h3-4,7-10,14,16,18,27H,2,5-6,11-13,15,17H2,1H3,(H,28,31). The Morgan fingerprint density at radius 1 is 1.13 bits per heavy atom. The van der Waals surface area contributed by atoms with E-state index < -0.39 is 5.54 Å². The first-order valence-electron chi connectivity index (χ1n) is 11.1. The highest BCUT2D eigenvalue weighted by Gasteiger charge is 2.45. The molecule has 2 amide bonds. The summed E-state index contributed by atoms with van der Waals surface area (Å²) in [4.78, 5) is 35.5. The first-order chi connectivity index (χ1) is 15.1. The molecule has 1 saturated carbocycles. The van der Waals surface area contributed by atoms with Crippen LogP contribution in [0.4, 0.5) is 0 Å². The smallest absolute Gasteiger partial charge is 0.246 e. The van der Waals surface area contributed by atoms with Gasteiger partial charge in [-0.25, -0.2) is 0 Å². The van der Waals surface area contributed by atoms with Crippen LogP contribution in [0.2, 0.25) is 0 Å². The van der Waals surface area contributed by atoms with Gasteiger partial charge in [0.1, 0.15) is 5.54 Å². The summed E-state index contributed by atoms with van der Waals surface area (Å²) >= 11 is 0. The van der Waals surface area contributed by atoms with E-state index in [0.717, 1.165) is 30.3 Å². The molecule has 6 heteroatoms. The summed E-state index contributed by atoms with van der Waals surface area (Å²) in [6.07, 6.45) is 10.6. The summed E-state index contributed by atoms with van der Waals surface area (Å²) in [7, 11) is 0. The summed E-state index contributed by atoms with van der Waals surface area (Å²) in [6.45, 7) is 2.53. The van der Waals surface area contributed by atoms with E-state index in [1.165, 1.54) is 10.9 Å². The highest BCUT2D eigenvalue weighted by atomic mass is 16.2. The number of carbonyl (C=O) groups excluding carboxylic acids is 2. The number of amides is 2. The first kappa shape index (κ1) is 21.1. The maximum Gasteiger partial charge on any atom is 0.246 e. The van der Waals surface area contributed by atoms with Crippen LogP contribution < -0.4 is 5.32 Å². The van der Waals surface area contributed by atoms with Crippen molar-refractivity contribution in [1.82, 2.24) is 20.2 Å². The van der Waals surface area contributed by atoms with Gasteiger partial charge in [0.25, 0.3) is 0 Å². The third-order valence-electron chi connectivity index (χ3n) is 6.46. The molecule has 1 aliphatic rings. The van der Waals surface area contributed by atoms with Gasteiger partial charge >= 0.3 is 0 Å².